The van der Waals surface area contributed by atoms with Gasteiger partial charge in [0.05, 0.1) is 25.4 Å². The van der Waals surface area contributed by atoms with Gasteiger partial charge in [0, 0.05) is 25.7 Å². The maximum Gasteiger partial charge on any atom is 0.270 e. The number of carbonyl (C=O) groups excluding carboxylic acids is 1. The van der Waals surface area contributed by atoms with Gasteiger partial charge in [-0.1, -0.05) is 0 Å². The van der Waals surface area contributed by atoms with Crippen LogP contribution in [0, 0.1) is 0 Å². The third-order valence-electron chi connectivity index (χ3n) is 4.00. The Bertz CT molecular complexity index is 506. The minimum atomic E-state index is -0.580. The van der Waals surface area contributed by atoms with Crippen LogP contribution < -0.4 is 5.73 Å². The van der Waals surface area contributed by atoms with E-state index >= 15 is 0 Å². The summed E-state index contributed by atoms with van der Waals surface area (Å²) in [6.45, 7) is 5.19. The fourth-order valence-corrected chi connectivity index (χ4v) is 3.03. The molecule has 20 heavy (non-hydrogen) atoms. The smallest absolute Gasteiger partial charge is 0.270 e. The molecule has 110 valence electrons. The number of aromatic nitrogens is 1. The molecule has 2 N–H and O–H groups in total. The predicted molar refractivity (Wildman–Crippen MR) is 74.3 cm³/mol. The Morgan fingerprint density at radius 2 is 2.20 bits per heavy atom. The molecule has 0 unspecified atom stereocenters. The second-order valence-electron chi connectivity index (χ2n) is 5.38. The molecule has 0 aliphatic carbocycles. The molecule has 0 radical (unpaired) electrons. The van der Waals surface area contributed by atoms with Gasteiger partial charge in [-0.2, -0.15) is 0 Å². The first-order valence-corrected chi connectivity index (χ1v) is 7.16. The summed E-state index contributed by atoms with van der Waals surface area (Å²) in [6, 6.07) is 1.74. The van der Waals surface area contributed by atoms with E-state index in [4.69, 9.17) is 15.2 Å². The van der Waals surface area contributed by atoms with Crippen molar-refractivity contribution in [1.82, 2.24) is 9.47 Å². The molecule has 0 atom stereocenters. The topological polar surface area (TPSA) is 69.7 Å². The van der Waals surface area contributed by atoms with Crippen LogP contribution in [0.25, 0.3) is 0 Å². The van der Waals surface area contributed by atoms with Crippen LogP contribution in [-0.4, -0.2) is 47.5 Å². The number of nitrogens with two attached hydrogens (primary N) is 1. The van der Waals surface area contributed by atoms with E-state index in [0.717, 1.165) is 25.9 Å². The van der Waals surface area contributed by atoms with Crippen LogP contribution in [0.3, 0.4) is 0 Å². The number of amides is 1. The normalized spacial score (nSPS) is 21.6. The molecule has 2 aliphatic rings. The molecule has 1 amide bonds. The fraction of sp³-hybridized carbons (Fsp3) is 0.643. The standard InChI is InChI=1S/C14H21N3O3/c1-2-16-9-11(15)8-12(16)13(18)17-5-3-4-14(10-17)19-6-7-20-14/h8-9H,2-7,10,15H2,1H3. The number of likely N-dealkylation sites (tertiary alicyclic amines) is 1. The first-order chi connectivity index (χ1) is 9.63. The van der Waals surface area contributed by atoms with Crippen molar-refractivity contribution in [2.24, 2.45) is 0 Å². The number of rotatable bonds is 2. The lowest BCUT2D eigenvalue weighted by atomic mass is 10.0. The van der Waals surface area contributed by atoms with Crippen molar-refractivity contribution < 1.29 is 14.3 Å². The highest BCUT2D eigenvalue weighted by molar-refractivity contribution is 5.94. The zero-order valence-electron chi connectivity index (χ0n) is 11.8. The maximum atomic E-state index is 12.7. The molecule has 6 heteroatoms. The number of hydrogen-bond donors (Lipinski definition) is 1. The van der Waals surface area contributed by atoms with E-state index < -0.39 is 5.79 Å². The van der Waals surface area contributed by atoms with Gasteiger partial charge in [-0.25, -0.2) is 0 Å². The van der Waals surface area contributed by atoms with Gasteiger partial charge >= 0.3 is 0 Å². The van der Waals surface area contributed by atoms with Gasteiger partial charge in [-0.05, 0) is 19.4 Å². The minimum absolute atomic E-state index is 0.00160. The highest BCUT2D eigenvalue weighted by atomic mass is 16.7. The van der Waals surface area contributed by atoms with Crippen molar-refractivity contribution >= 4 is 11.6 Å². The van der Waals surface area contributed by atoms with E-state index in [1.54, 1.807) is 12.3 Å². The predicted octanol–water partition coefficient (Wildman–Crippen LogP) is 1.07. The zero-order valence-corrected chi connectivity index (χ0v) is 11.8. The van der Waals surface area contributed by atoms with Gasteiger partial charge in [0.2, 0.25) is 0 Å². The van der Waals surface area contributed by atoms with E-state index in [2.05, 4.69) is 0 Å². The Hall–Kier alpha value is -1.53. The maximum absolute atomic E-state index is 12.7. The SMILES string of the molecule is CCn1cc(N)cc1C(=O)N1CCCC2(C1)OCCO2. The van der Waals surface area contributed by atoms with E-state index in [-0.39, 0.29) is 5.91 Å². The number of ether oxygens (including phenoxy) is 2. The Morgan fingerprint density at radius 3 is 2.90 bits per heavy atom. The largest absolute Gasteiger partial charge is 0.397 e. The van der Waals surface area contributed by atoms with E-state index in [0.29, 0.717) is 31.1 Å². The van der Waals surface area contributed by atoms with E-state index in [1.165, 1.54) is 0 Å². The molecule has 6 nitrogen and oxygen atoms in total. The molecular weight excluding hydrogens is 258 g/mol. The first kappa shape index (κ1) is 13.5. The molecule has 3 rings (SSSR count). The van der Waals surface area contributed by atoms with Gasteiger partial charge in [0.15, 0.2) is 5.79 Å². The van der Waals surface area contributed by atoms with Crippen molar-refractivity contribution in [3.05, 3.63) is 18.0 Å². The Labute approximate surface area is 118 Å². The van der Waals surface area contributed by atoms with Crippen LogP contribution in [0.2, 0.25) is 0 Å². The molecule has 3 heterocycles. The Morgan fingerprint density at radius 1 is 1.45 bits per heavy atom. The van der Waals surface area contributed by atoms with E-state index in [9.17, 15) is 4.79 Å². The lowest BCUT2D eigenvalue weighted by Crippen LogP contribution is -2.51. The molecule has 2 saturated heterocycles. The second kappa shape index (κ2) is 5.10. The molecule has 0 saturated carbocycles. The monoisotopic (exact) mass is 279 g/mol. The van der Waals surface area contributed by atoms with Crippen molar-refractivity contribution in [3.63, 3.8) is 0 Å². The van der Waals surface area contributed by atoms with Crippen LogP contribution in [-0.2, 0) is 16.0 Å². The average molecular weight is 279 g/mol. The molecule has 1 aromatic heterocycles. The Kier molecular flexibility index (Phi) is 3.43. The summed E-state index contributed by atoms with van der Waals surface area (Å²) >= 11 is 0. The van der Waals surface area contributed by atoms with Gasteiger partial charge in [0.25, 0.3) is 5.91 Å². The summed E-state index contributed by atoms with van der Waals surface area (Å²) in [4.78, 5) is 14.5. The summed E-state index contributed by atoms with van der Waals surface area (Å²) in [5.41, 5.74) is 7.06. The van der Waals surface area contributed by atoms with Crippen molar-refractivity contribution in [2.75, 3.05) is 32.0 Å². The number of nitrogen functional groups attached to an aromatic ring is 1. The summed E-state index contributed by atoms with van der Waals surface area (Å²) in [5, 5.41) is 0. The molecule has 1 aromatic rings. The molecule has 0 bridgehead atoms. The summed E-state index contributed by atoms with van der Waals surface area (Å²) in [7, 11) is 0. The molecule has 2 aliphatic heterocycles. The van der Waals surface area contributed by atoms with Crippen molar-refractivity contribution in [1.29, 1.82) is 0 Å². The van der Waals surface area contributed by atoms with Gasteiger partial charge in [-0.3, -0.25) is 4.79 Å². The fourth-order valence-electron chi connectivity index (χ4n) is 3.03. The van der Waals surface area contributed by atoms with E-state index in [1.807, 2.05) is 16.4 Å². The highest BCUT2D eigenvalue weighted by Gasteiger charge is 2.42. The molecule has 0 aromatic carbocycles. The van der Waals surface area contributed by atoms with Crippen molar-refractivity contribution in [2.45, 2.75) is 32.1 Å². The summed E-state index contributed by atoms with van der Waals surface area (Å²) in [6.07, 6.45) is 3.55. The Balaban J connectivity index is 1.79. The second-order valence-corrected chi connectivity index (χ2v) is 5.38. The van der Waals surface area contributed by atoms with Gasteiger partial charge in [0.1, 0.15) is 5.69 Å². The number of hydrogen-bond acceptors (Lipinski definition) is 4. The summed E-state index contributed by atoms with van der Waals surface area (Å²) < 4.78 is 13.3. The third kappa shape index (κ3) is 2.29. The lowest BCUT2D eigenvalue weighted by Gasteiger charge is -2.38. The quantitative estimate of drug-likeness (QED) is 0.879. The summed E-state index contributed by atoms with van der Waals surface area (Å²) in [5.74, 6) is -0.579. The number of carbonyl (C=O) groups is 1. The van der Waals surface area contributed by atoms with Gasteiger partial charge < -0.3 is 24.7 Å². The van der Waals surface area contributed by atoms with Crippen LogP contribution in [0.5, 0.6) is 0 Å². The molecular formula is C14H21N3O3. The van der Waals surface area contributed by atoms with Crippen molar-refractivity contribution in [3.8, 4) is 0 Å². The molecule has 2 fully saturated rings. The highest BCUT2D eigenvalue weighted by Crippen LogP contribution is 2.31. The van der Waals surface area contributed by atoms with Crippen LogP contribution >= 0.6 is 0 Å². The lowest BCUT2D eigenvalue weighted by molar-refractivity contribution is -0.183. The minimum Gasteiger partial charge on any atom is -0.397 e. The zero-order chi connectivity index (χ0) is 14.2. The first-order valence-electron chi connectivity index (χ1n) is 7.16. The number of aryl methyl sites for hydroxylation is 1. The van der Waals surface area contributed by atoms with Crippen LogP contribution in [0.1, 0.15) is 30.3 Å². The van der Waals surface area contributed by atoms with Gasteiger partial charge in [-0.15, -0.1) is 0 Å². The van der Waals surface area contributed by atoms with Crippen LogP contribution in [0.15, 0.2) is 12.3 Å². The number of anilines is 1. The molecule has 1 spiro atoms. The average Bonchev–Trinajstić information content (AvgIpc) is 3.05. The number of nitrogens with zero attached hydrogens (tertiary/aromatic N) is 2. The van der Waals surface area contributed by atoms with Crippen LogP contribution in [0.4, 0.5) is 5.69 Å². The third-order valence-corrected chi connectivity index (χ3v) is 4.00. The number of piperidine rings is 1.